The van der Waals surface area contributed by atoms with Gasteiger partial charge in [0.1, 0.15) is 11.5 Å². The first-order valence-corrected chi connectivity index (χ1v) is 8.00. The minimum atomic E-state index is -0.167. The maximum Gasteiger partial charge on any atom is 0.169 e. The molecule has 2 rings (SSSR count). The van der Waals surface area contributed by atoms with E-state index in [4.69, 9.17) is 32.4 Å². The number of hydrogen-bond acceptors (Lipinski definition) is 2. The zero-order chi connectivity index (χ0) is 14.0. The van der Waals surface area contributed by atoms with Crippen LogP contribution in [-0.4, -0.2) is 6.61 Å². The van der Waals surface area contributed by atoms with E-state index in [0.29, 0.717) is 27.1 Å². The van der Waals surface area contributed by atoms with Gasteiger partial charge in [0.15, 0.2) is 4.67 Å². The van der Waals surface area contributed by atoms with Gasteiger partial charge in [-0.3, -0.25) is 0 Å². The van der Waals surface area contributed by atoms with Crippen LogP contribution in [0.25, 0.3) is 0 Å². The molecular weight excluding hydrogens is 419 g/mol. The van der Waals surface area contributed by atoms with Crippen LogP contribution in [0.4, 0.5) is 0 Å². The maximum absolute atomic E-state index is 6.27. The summed E-state index contributed by atoms with van der Waals surface area (Å²) >= 11 is 19.3. The van der Waals surface area contributed by atoms with Crippen LogP contribution in [0.15, 0.2) is 33.4 Å². The lowest BCUT2D eigenvalue weighted by atomic mass is 10.1. The topological polar surface area (TPSA) is 22.4 Å². The third kappa shape index (κ3) is 3.48. The molecule has 0 aliphatic carbocycles. The largest absolute Gasteiger partial charge is 0.492 e. The minimum absolute atomic E-state index is 0.167. The summed E-state index contributed by atoms with van der Waals surface area (Å²) in [5.41, 5.74) is 0.831. The first kappa shape index (κ1) is 15.2. The lowest BCUT2D eigenvalue weighted by molar-refractivity contribution is 0.340. The van der Waals surface area contributed by atoms with Crippen LogP contribution in [0.2, 0.25) is 10.0 Å². The molecule has 1 heterocycles. The summed E-state index contributed by atoms with van der Waals surface area (Å²) < 4.78 is 11.6. The van der Waals surface area contributed by atoms with E-state index in [1.807, 2.05) is 19.1 Å². The van der Waals surface area contributed by atoms with Gasteiger partial charge in [-0.25, -0.2) is 0 Å². The number of ether oxygens (including phenoxy) is 1. The standard InChI is InChI=1S/C13H10Br2Cl2O2/c1-2-18-11-6-8(16)7(5-9(11)17)13(15)10-3-4-12(14)19-10/h3-6,13H,2H2,1H3. The molecule has 0 spiro atoms. The van der Waals surface area contributed by atoms with E-state index in [2.05, 4.69) is 31.9 Å². The Kier molecular flexibility index (Phi) is 5.23. The van der Waals surface area contributed by atoms with Crippen molar-refractivity contribution >= 4 is 55.1 Å². The van der Waals surface area contributed by atoms with Crippen LogP contribution in [0.1, 0.15) is 23.1 Å². The molecule has 0 saturated carbocycles. The van der Waals surface area contributed by atoms with Gasteiger partial charge in [0, 0.05) is 11.1 Å². The molecule has 0 bridgehead atoms. The van der Waals surface area contributed by atoms with Gasteiger partial charge in [-0.05, 0) is 46.6 Å². The minimum Gasteiger partial charge on any atom is -0.492 e. The van der Waals surface area contributed by atoms with E-state index >= 15 is 0 Å². The molecule has 102 valence electrons. The fourth-order valence-corrected chi connectivity index (χ4v) is 3.19. The highest BCUT2D eigenvalue weighted by Crippen LogP contribution is 2.41. The Balaban J connectivity index is 2.37. The molecule has 1 aromatic heterocycles. The van der Waals surface area contributed by atoms with E-state index in [-0.39, 0.29) is 4.83 Å². The summed E-state index contributed by atoms with van der Waals surface area (Å²) in [7, 11) is 0. The monoisotopic (exact) mass is 426 g/mol. The van der Waals surface area contributed by atoms with Crippen molar-refractivity contribution in [3.05, 3.63) is 50.3 Å². The fourth-order valence-electron chi connectivity index (χ4n) is 1.62. The predicted octanol–water partition coefficient (Wildman–Crippen LogP) is 6.23. The van der Waals surface area contributed by atoms with Crippen molar-refractivity contribution in [3.63, 3.8) is 0 Å². The summed E-state index contributed by atoms with van der Waals surface area (Å²) in [5, 5.41) is 1.10. The Hall–Kier alpha value is -0.160. The molecule has 0 saturated heterocycles. The van der Waals surface area contributed by atoms with Crippen molar-refractivity contribution in [3.8, 4) is 5.75 Å². The Labute approximate surface area is 138 Å². The maximum atomic E-state index is 6.27. The number of halogens is 4. The van der Waals surface area contributed by atoms with E-state index in [1.54, 1.807) is 12.1 Å². The molecule has 0 N–H and O–H groups in total. The lowest BCUT2D eigenvalue weighted by Crippen LogP contribution is -1.96. The van der Waals surface area contributed by atoms with Gasteiger partial charge in [0.05, 0.1) is 16.5 Å². The number of alkyl halides is 1. The summed E-state index contributed by atoms with van der Waals surface area (Å²) in [6, 6.07) is 7.19. The summed E-state index contributed by atoms with van der Waals surface area (Å²) in [5.74, 6) is 1.33. The number of benzene rings is 1. The fraction of sp³-hybridized carbons (Fsp3) is 0.231. The Morgan fingerprint density at radius 2 is 2.00 bits per heavy atom. The molecule has 19 heavy (non-hydrogen) atoms. The molecular formula is C13H10Br2Cl2O2. The zero-order valence-corrected chi connectivity index (χ0v) is 14.6. The van der Waals surface area contributed by atoms with Gasteiger partial charge >= 0.3 is 0 Å². The Morgan fingerprint density at radius 3 is 2.58 bits per heavy atom. The van der Waals surface area contributed by atoms with E-state index in [9.17, 15) is 0 Å². The highest BCUT2D eigenvalue weighted by atomic mass is 79.9. The van der Waals surface area contributed by atoms with Crippen molar-refractivity contribution in [1.82, 2.24) is 0 Å². The normalized spacial score (nSPS) is 12.5. The summed E-state index contributed by atoms with van der Waals surface area (Å²) in [6.45, 7) is 2.43. The first-order valence-electron chi connectivity index (χ1n) is 5.54. The van der Waals surface area contributed by atoms with Gasteiger partial charge in [0.2, 0.25) is 0 Å². The van der Waals surface area contributed by atoms with Gasteiger partial charge in [-0.1, -0.05) is 39.1 Å². The number of rotatable bonds is 4. The van der Waals surface area contributed by atoms with E-state index < -0.39 is 0 Å². The first-order chi connectivity index (χ1) is 9.02. The van der Waals surface area contributed by atoms with Crippen LogP contribution in [0.5, 0.6) is 5.75 Å². The van der Waals surface area contributed by atoms with Crippen molar-refractivity contribution in [2.24, 2.45) is 0 Å². The smallest absolute Gasteiger partial charge is 0.169 e. The second-order valence-corrected chi connectivity index (χ2v) is 6.25. The molecule has 0 fully saturated rings. The second-order valence-electron chi connectivity index (χ2n) is 3.74. The number of hydrogen-bond donors (Lipinski definition) is 0. The molecule has 0 radical (unpaired) electrons. The molecule has 2 nitrogen and oxygen atoms in total. The molecule has 0 aliphatic rings. The second kappa shape index (κ2) is 6.53. The average Bonchev–Trinajstić information content (AvgIpc) is 2.79. The predicted molar refractivity (Wildman–Crippen MR) is 84.8 cm³/mol. The molecule has 6 heteroatoms. The molecule has 0 aliphatic heterocycles. The highest BCUT2D eigenvalue weighted by molar-refractivity contribution is 9.10. The van der Waals surface area contributed by atoms with Crippen LogP contribution in [0, 0.1) is 0 Å². The third-order valence-corrected chi connectivity index (χ3v) is 4.46. The van der Waals surface area contributed by atoms with Crippen molar-refractivity contribution in [2.75, 3.05) is 6.61 Å². The Bertz CT molecular complexity index is 584. The van der Waals surface area contributed by atoms with Crippen molar-refractivity contribution < 1.29 is 9.15 Å². The van der Waals surface area contributed by atoms with Crippen LogP contribution < -0.4 is 4.74 Å². The summed E-state index contributed by atoms with van der Waals surface area (Å²) in [6.07, 6.45) is 0. The molecule has 1 unspecified atom stereocenters. The van der Waals surface area contributed by atoms with Crippen molar-refractivity contribution in [1.29, 1.82) is 0 Å². The van der Waals surface area contributed by atoms with Crippen LogP contribution in [0.3, 0.4) is 0 Å². The lowest BCUT2D eigenvalue weighted by Gasteiger charge is -2.13. The molecule has 1 aromatic carbocycles. The van der Waals surface area contributed by atoms with Crippen LogP contribution in [-0.2, 0) is 0 Å². The molecule has 1 atom stereocenters. The zero-order valence-electron chi connectivity index (χ0n) is 9.92. The van der Waals surface area contributed by atoms with E-state index in [1.165, 1.54) is 0 Å². The SMILES string of the molecule is CCOc1cc(Cl)c(C(Br)c2ccc(Br)o2)cc1Cl. The van der Waals surface area contributed by atoms with E-state index in [0.717, 1.165) is 11.3 Å². The van der Waals surface area contributed by atoms with Crippen molar-refractivity contribution in [2.45, 2.75) is 11.8 Å². The van der Waals surface area contributed by atoms with Gasteiger partial charge in [-0.2, -0.15) is 0 Å². The van der Waals surface area contributed by atoms with Gasteiger partial charge in [0.25, 0.3) is 0 Å². The number of furan rings is 1. The van der Waals surface area contributed by atoms with Gasteiger partial charge in [-0.15, -0.1) is 0 Å². The highest BCUT2D eigenvalue weighted by Gasteiger charge is 2.19. The average molecular weight is 429 g/mol. The third-order valence-electron chi connectivity index (χ3n) is 2.47. The van der Waals surface area contributed by atoms with Crippen LogP contribution >= 0.6 is 55.1 Å². The molecule has 2 aromatic rings. The quantitative estimate of drug-likeness (QED) is 0.538. The molecule has 0 amide bonds. The van der Waals surface area contributed by atoms with Gasteiger partial charge < -0.3 is 9.15 Å². The summed E-state index contributed by atoms with van der Waals surface area (Å²) in [4.78, 5) is -0.167. The Morgan fingerprint density at radius 1 is 1.26 bits per heavy atom.